The normalized spacial score (nSPS) is 13.5. The van der Waals surface area contributed by atoms with Gasteiger partial charge in [-0.05, 0) is 24.6 Å². The van der Waals surface area contributed by atoms with Gasteiger partial charge in [0, 0.05) is 12.2 Å². The average molecular weight is 286 g/mol. The fourth-order valence-corrected chi connectivity index (χ4v) is 1.47. The van der Waals surface area contributed by atoms with Crippen molar-refractivity contribution in [2.75, 3.05) is 17.7 Å². The number of hydrogen-bond donors (Lipinski definition) is 2. The van der Waals surface area contributed by atoms with Gasteiger partial charge in [-0.3, -0.25) is 0 Å². The smallest absolute Gasteiger partial charge is 0.390 e. The van der Waals surface area contributed by atoms with Gasteiger partial charge in [-0.15, -0.1) is 11.6 Å². The maximum absolute atomic E-state index is 13.3. The van der Waals surface area contributed by atoms with Crippen LogP contribution in [0.1, 0.15) is 11.1 Å². The van der Waals surface area contributed by atoms with Crippen LogP contribution < -0.4 is 5.32 Å². The minimum absolute atomic E-state index is 0.0467. The number of aliphatic hydroxyl groups excluding tert-OH is 1. The van der Waals surface area contributed by atoms with E-state index >= 15 is 0 Å². The predicted molar refractivity (Wildman–Crippen MR) is 61.4 cm³/mol. The molecule has 0 saturated heterocycles. The monoisotopic (exact) mass is 285 g/mol. The summed E-state index contributed by atoms with van der Waals surface area (Å²) in [6.45, 7) is 1.01. The zero-order valence-electron chi connectivity index (χ0n) is 9.48. The number of rotatable bonds is 4. The number of halogens is 5. The summed E-state index contributed by atoms with van der Waals surface area (Å²) in [4.78, 5) is 0. The molecular formula is C11H12ClF4NO. The van der Waals surface area contributed by atoms with E-state index in [1.54, 1.807) is 0 Å². The Hall–Kier alpha value is -1.01. The van der Waals surface area contributed by atoms with Crippen LogP contribution in [0.25, 0.3) is 0 Å². The molecule has 0 heterocycles. The van der Waals surface area contributed by atoms with E-state index in [1.165, 1.54) is 0 Å². The molecule has 102 valence electrons. The highest BCUT2D eigenvalue weighted by atomic mass is 35.5. The van der Waals surface area contributed by atoms with Crippen molar-refractivity contribution in [1.82, 2.24) is 0 Å². The maximum Gasteiger partial charge on any atom is 0.416 e. The molecule has 2 nitrogen and oxygen atoms in total. The lowest BCUT2D eigenvalue weighted by Crippen LogP contribution is -2.21. The first-order chi connectivity index (χ1) is 8.25. The Morgan fingerprint density at radius 2 is 2.00 bits per heavy atom. The number of hydrogen-bond acceptors (Lipinski definition) is 2. The molecule has 0 amide bonds. The van der Waals surface area contributed by atoms with Gasteiger partial charge < -0.3 is 10.4 Å². The number of alkyl halides is 4. The zero-order chi connectivity index (χ0) is 13.9. The standard InChI is InChI=1S/C11H12ClF4NO/c1-6-9(11(14,15)16)2-7(3-10(6)13)17-5-8(18)4-12/h2-3,8,17-18H,4-5H2,1H3. The van der Waals surface area contributed by atoms with Crippen LogP contribution in [-0.4, -0.2) is 23.6 Å². The van der Waals surface area contributed by atoms with E-state index in [0.717, 1.165) is 19.1 Å². The lowest BCUT2D eigenvalue weighted by Gasteiger charge is -2.15. The summed E-state index contributed by atoms with van der Waals surface area (Å²) >= 11 is 5.33. The van der Waals surface area contributed by atoms with E-state index in [0.29, 0.717) is 0 Å². The van der Waals surface area contributed by atoms with Crippen molar-refractivity contribution in [3.8, 4) is 0 Å². The van der Waals surface area contributed by atoms with E-state index in [4.69, 9.17) is 16.7 Å². The molecule has 0 saturated carbocycles. The molecule has 2 N–H and O–H groups in total. The first-order valence-corrected chi connectivity index (χ1v) is 5.64. The second-order valence-corrected chi connectivity index (χ2v) is 4.13. The van der Waals surface area contributed by atoms with Crippen LogP contribution in [0.15, 0.2) is 12.1 Å². The molecule has 0 aromatic heterocycles. The van der Waals surface area contributed by atoms with E-state index in [-0.39, 0.29) is 18.1 Å². The number of aliphatic hydroxyl groups is 1. The second-order valence-electron chi connectivity index (χ2n) is 3.82. The van der Waals surface area contributed by atoms with Crippen LogP contribution in [0.5, 0.6) is 0 Å². The minimum atomic E-state index is -4.62. The molecule has 1 atom stereocenters. The molecule has 0 aliphatic carbocycles. The third-order valence-corrected chi connectivity index (χ3v) is 2.73. The van der Waals surface area contributed by atoms with E-state index < -0.39 is 29.2 Å². The summed E-state index contributed by atoms with van der Waals surface area (Å²) < 4.78 is 51.2. The quantitative estimate of drug-likeness (QED) is 0.658. The van der Waals surface area contributed by atoms with Gasteiger partial charge in [0.25, 0.3) is 0 Å². The molecule has 1 aromatic carbocycles. The van der Waals surface area contributed by atoms with Crippen molar-refractivity contribution < 1.29 is 22.7 Å². The maximum atomic E-state index is 13.3. The van der Waals surface area contributed by atoms with Crippen molar-refractivity contribution >= 4 is 17.3 Å². The Morgan fingerprint density at radius 3 is 2.50 bits per heavy atom. The molecule has 0 fully saturated rings. The van der Waals surface area contributed by atoms with Crippen molar-refractivity contribution in [3.05, 3.63) is 29.1 Å². The number of anilines is 1. The molecule has 1 unspecified atom stereocenters. The molecule has 0 aliphatic rings. The SMILES string of the molecule is Cc1c(F)cc(NCC(O)CCl)cc1C(F)(F)F. The lowest BCUT2D eigenvalue weighted by atomic mass is 10.1. The Bertz CT molecular complexity index is 422. The largest absolute Gasteiger partial charge is 0.416 e. The lowest BCUT2D eigenvalue weighted by molar-refractivity contribution is -0.138. The molecule has 0 aliphatic heterocycles. The van der Waals surface area contributed by atoms with Crippen LogP contribution in [0.3, 0.4) is 0 Å². The summed E-state index contributed by atoms with van der Waals surface area (Å²) in [5, 5.41) is 11.7. The average Bonchev–Trinajstić information content (AvgIpc) is 2.28. The minimum Gasteiger partial charge on any atom is -0.390 e. The Balaban J connectivity index is 2.98. The van der Waals surface area contributed by atoms with Gasteiger partial charge in [0.05, 0.1) is 17.5 Å². The van der Waals surface area contributed by atoms with Gasteiger partial charge in [-0.25, -0.2) is 4.39 Å². The highest BCUT2D eigenvalue weighted by molar-refractivity contribution is 6.18. The second kappa shape index (κ2) is 5.75. The van der Waals surface area contributed by atoms with Crippen molar-refractivity contribution in [1.29, 1.82) is 0 Å². The summed E-state index contributed by atoms with van der Waals surface area (Å²) in [6.07, 6.45) is -5.53. The third kappa shape index (κ3) is 3.74. The van der Waals surface area contributed by atoms with Crippen molar-refractivity contribution in [3.63, 3.8) is 0 Å². The van der Waals surface area contributed by atoms with Crippen LogP contribution in [0.4, 0.5) is 23.2 Å². The van der Waals surface area contributed by atoms with E-state index in [9.17, 15) is 17.6 Å². The molecule has 1 rings (SSSR count). The van der Waals surface area contributed by atoms with E-state index in [2.05, 4.69) is 5.32 Å². The summed E-state index contributed by atoms with van der Waals surface area (Å²) in [6, 6.07) is 1.75. The van der Waals surface area contributed by atoms with Gasteiger partial charge in [0.1, 0.15) is 5.82 Å². The van der Waals surface area contributed by atoms with Crippen LogP contribution in [0, 0.1) is 12.7 Å². The third-order valence-electron chi connectivity index (χ3n) is 2.37. The molecular weight excluding hydrogens is 274 g/mol. The Morgan fingerprint density at radius 1 is 1.39 bits per heavy atom. The highest BCUT2D eigenvalue weighted by Crippen LogP contribution is 2.34. The number of nitrogens with one attached hydrogen (secondary N) is 1. The van der Waals surface area contributed by atoms with Gasteiger partial charge in [-0.1, -0.05) is 0 Å². The summed E-state index contributed by atoms with van der Waals surface area (Å²) in [5.74, 6) is -1.01. The molecule has 0 radical (unpaired) electrons. The van der Waals surface area contributed by atoms with Crippen molar-refractivity contribution in [2.45, 2.75) is 19.2 Å². The molecule has 18 heavy (non-hydrogen) atoms. The molecule has 0 spiro atoms. The van der Waals surface area contributed by atoms with Crippen LogP contribution >= 0.6 is 11.6 Å². The fraction of sp³-hybridized carbons (Fsp3) is 0.455. The number of benzene rings is 1. The first kappa shape index (κ1) is 15.0. The van der Waals surface area contributed by atoms with Gasteiger partial charge in [-0.2, -0.15) is 13.2 Å². The first-order valence-electron chi connectivity index (χ1n) is 5.11. The van der Waals surface area contributed by atoms with Gasteiger partial charge >= 0.3 is 6.18 Å². The highest BCUT2D eigenvalue weighted by Gasteiger charge is 2.33. The van der Waals surface area contributed by atoms with Crippen LogP contribution in [0.2, 0.25) is 0 Å². The molecule has 7 heteroatoms. The summed E-state index contributed by atoms with van der Waals surface area (Å²) in [7, 11) is 0. The molecule has 1 aromatic rings. The molecule has 0 bridgehead atoms. The summed E-state index contributed by atoms with van der Waals surface area (Å²) in [5.41, 5.74) is -1.54. The topological polar surface area (TPSA) is 32.3 Å². The van der Waals surface area contributed by atoms with Gasteiger partial charge in [0.15, 0.2) is 0 Å². The predicted octanol–water partition coefficient (Wildman–Crippen LogP) is 3.16. The fourth-order valence-electron chi connectivity index (χ4n) is 1.37. The zero-order valence-corrected chi connectivity index (χ0v) is 10.2. The van der Waals surface area contributed by atoms with E-state index in [1.807, 2.05) is 0 Å². The van der Waals surface area contributed by atoms with Gasteiger partial charge in [0.2, 0.25) is 0 Å². The van der Waals surface area contributed by atoms with Crippen LogP contribution in [-0.2, 0) is 6.18 Å². The Kier molecular flexibility index (Phi) is 4.81. The van der Waals surface area contributed by atoms with Crippen molar-refractivity contribution in [2.24, 2.45) is 0 Å². The Labute approximate surface area is 107 Å².